The van der Waals surface area contributed by atoms with Gasteiger partial charge in [-0.15, -0.1) is 0 Å². The first kappa shape index (κ1) is 28.0. The molecule has 2 aromatic heterocycles. The Labute approximate surface area is 248 Å². The highest BCUT2D eigenvalue weighted by Gasteiger charge is 2.28. The average Bonchev–Trinajstić information content (AvgIpc) is 3.70. The van der Waals surface area contributed by atoms with Crippen LogP contribution in [0.5, 0.6) is 5.75 Å². The fraction of sp³-hybridized carbons (Fsp3) is 0.281. The van der Waals surface area contributed by atoms with Gasteiger partial charge in [-0.3, -0.25) is 9.89 Å². The van der Waals surface area contributed by atoms with E-state index < -0.39 is 0 Å². The Morgan fingerprint density at radius 3 is 2.88 bits per heavy atom. The van der Waals surface area contributed by atoms with Gasteiger partial charge in [0.15, 0.2) is 12.4 Å². The van der Waals surface area contributed by atoms with Crippen molar-refractivity contribution in [3.63, 3.8) is 0 Å². The number of unbranched alkanes of at least 4 members (excludes halogenated alkanes) is 1. The van der Waals surface area contributed by atoms with Crippen molar-refractivity contribution in [3.8, 4) is 17.1 Å². The van der Waals surface area contributed by atoms with Gasteiger partial charge >= 0.3 is 6.09 Å². The lowest BCUT2D eigenvalue weighted by molar-refractivity contribution is -0.123. The number of H-pyrrole nitrogens is 1. The molecule has 1 atom stereocenters. The maximum Gasteiger partial charge on any atom is 0.409 e. The number of hydrogen-bond donors (Lipinski definition) is 3. The lowest BCUT2D eigenvalue weighted by Crippen LogP contribution is -2.40. The third-order valence-corrected chi connectivity index (χ3v) is 7.30. The van der Waals surface area contributed by atoms with Crippen molar-refractivity contribution in [2.45, 2.75) is 32.2 Å². The standard InChI is InChI=1S/C32H33N7O4/c1-2-3-15-42-32(41)39-14-13-24(19-39)34-29(40)20-43-25-8-6-7-21(17-25)30-36-28-10-5-4-9-26(28)31(37-30)35-23-11-12-27-22(16-23)18-33-38-27/h4-12,16-18,24H,2-3,13-15,19-20H2,1H3,(H,33,38)(H,34,40)(H,35,36,37). The normalized spacial score (nSPS) is 14.6. The average molecular weight is 580 g/mol. The molecule has 1 unspecified atom stereocenters. The Bertz CT molecular complexity index is 1750. The van der Waals surface area contributed by atoms with Crippen LogP contribution in [0.25, 0.3) is 33.2 Å². The monoisotopic (exact) mass is 579 g/mol. The molecule has 220 valence electrons. The van der Waals surface area contributed by atoms with Gasteiger partial charge in [-0.25, -0.2) is 14.8 Å². The van der Waals surface area contributed by atoms with Crippen LogP contribution in [-0.4, -0.2) is 69.4 Å². The third-order valence-electron chi connectivity index (χ3n) is 7.30. The number of ether oxygens (including phenoxy) is 2. The van der Waals surface area contributed by atoms with E-state index in [1.165, 1.54) is 0 Å². The Kier molecular flexibility index (Phi) is 8.30. The molecule has 0 saturated carbocycles. The molecule has 5 aromatic rings. The van der Waals surface area contributed by atoms with Crippen molar-refractivity contribution in [2.24, 2.45) is 0 Å². The number of amides is 2. The topological polar surface area (TPSA) is 134 Å². The summed E-state index contributed by atoms with van der Waals surface area (Å²) in [5.74, 6) is 1.47. The highest BCUT2D eigenvalue weighted by Crippen LogP contribution is 2.29. The van der Waals surface area contributed by atoms with Gasteiger partial charge in [0.25, 0.3) is 5.91 Å². The van der Waals surface area contributed by atoms with Gasteiger partial charge in [0.1, 0.15) is 11.6 Å². The van der Waals surface area contributed by atoms with E-state index in [1.807, 2.05) is 67.6 Å². The van der Waals surface area contributed by atoms with E-state index in [0.29, 0.717) is 43.5 Å². The van der Waals surface area contributed by atoms with E-state index in [2.05, 4.69) is 20.8 Å². The highest BCUT2D eigenvalue weighted by atomic mass is 16.6. The Hall–Kier alpha value is -5.19. The molecular formula is C32H33N7O4. The predicted octanol–water partition coefficient (Wildman–Crippen LogP) is 5.42. The summed E-state index contributed by atoms with van der Waals surface area (Å²) in [5, 5.41) is 15.3. The van der Waals surface area contributed by atoms with E-state index in [1.54, 1.807) is 17.2 Å². The summed E-state index contributed by atoms with van der Waals surface area (Å²) in [5.41, 5.74) is 3.39. The Balaban J connectivity index is 1.11. The fourth-order valence-electron chi connectivity index (χ4n) is 5.04. The first-order chi connectivity index (χ1) is 21.1. The molecule has 6 rings (SSSR count). The molecule has 3 heterocycles. The number of carbonyl (C=O) groups excluding carboxylic acids is 2. The number of benzene rings is 3. The zero-order valence-corrected chi connectivity index (χ0v) is 23.9. The number of rotatable bonds is 10. The summed E-state index contributed by atoms with van der Waals surface area (Å²) in [6, 6.07) is 21.0. The second kappa shape index (κ2) is 12.8. The molecule has 0 spiro atoms. The van der Waals surface area contributed by atoms with Gasteiger partial charge < -0.3 is 25.0 Å². The van der Waals surface area contributed by atoms with Crippen LogP contribution in [0, 0.1) is 0 Å². The van der Waals surface area contributed by atoms with Gasteiger partial charge in [0, 0.05) is 41.2 Å². The number of hydrogen-bond acceptors (Lipinski definition) is 8. The molecule has 2 amide bonds. The molecule has 1 aliphatic rings. The molecule has 3 aromatic carbocycles. The van der Waals surface area contributed by atoms with Crippen LogP contribution in [0.15, 0.2) is 72.9 Å². The van der Waals surface area contributed by atoms with Crippen molar-refractivity contribution in [1.82, 2.24) is 30.4 Å². The molecule has 11 heteroatoms. The van der Waals surface area contributed by atoms with E-state index in [9.17, 15) is 9.59 Å². The minimum Gasteiger partial charge on any atom is -0.484 e. The number of aromatic amines is 1. The van der Waals surface area contributed by atoms with E-state index in [-0.39, 0.29) is 24.6 Å². The number of likely N-dealkylation sites (tertiary alicyclic amines) is 1. The van der Waals surface area contributed by atoms with Crippen LogP contribution >= 0.6 is 0 Å². The van der Waals surface area contributed by atoms with Gasteiger partial charge in [-0.1, -0.05) is 37.6 Å². The summed E-state index contributed by atoms with van der Waals surface area (Å²) in [7, 11) is 0. The molecule has 0 bridgehead atoms. The molecule has 3 N–H and O–H groups in total. The summed E-state index contributed by atoms with van der Waals surface area (Å²) < 4.78 is 11.1. The van der Waals surface area contributed by atoms with Gasteiger partial charge in [0.2, 0.25) is 0 Å². The summed E-state index contributed by atoms with van der Waals surface area (Å²) >= 11 is 0. The Morgan fingerprint density at radius 1 is 1.07 bits per heavy atom. The summed E-state index contributed by atoms with van der Waals surface area (Å²) in [6.07, 6.45) is 3.94. The van der Waals surface area contributed by atoms with Gasteiger partial charge in [-0.2, -0.15) is 5.10 Å². The first-order valence-electron chi connectivity index (χ1n) is 14.5. The fourth-order valence-corrected chi connectivity index (χ4v) is 5.04. The minimum absolute atomic E-state index is 0.132. The summed E-state index contributed by atoms with van der Waals surface area (Å²) in [6.45, 7) is 3.30. The zero-order valence-electron chi connectivity index (χ0n) is 23.9. The minimum atomic E-state index is -0.327. The largest absolute Gasteiger partial charge is 0.484 e. The maximum atomic E-state index is 12.6. The number of carbonyl (C=O) groups is 2. The molecule has 0 radical (unpaired) electrons. The van der Waals surface area contributed by atoms with Crippen LogP contribution in [0.3, 0.4) is 0 Å². The SMILES string of the molecule is CCCCOC(=O)N1CCC(NC(=O)COc2cccc(-c3nc(Nc4ccc5[nH]ncc5c4)c4ccccc4n3)c2)C1. The first-order valence-corrected chi connectivity index (χ1v) is 14.5. The van der Waals surface area contributed by atoms with E-state index in [4.69, 9.17) is 19.4 Å². The van der Waals surface area contributed by atoms with Crippen LogP contribution in [-0.2, 0) is 9.53 Å². The molecular weight excluding hydrogens is 546 g/mol. The van der Waals surface area contributed by atoms with Crippen LogP contribution in [0.2, 0.25) is 0 Å². The van der Waals surface area contributed by atoms with Crippen molar-refractivity contribution in [3.05, 3.63) is 72.9 Å². The van der Waals surface area contributed by atoms with E-state index >= 15 is 0 Å². The summed E-state index contributed by atoms with van der Waals surface area (Å²) in [4.78, 5) is 36.1. The third kappa shape index (κ3) is 6.66. The highest BCUT2D eigenvalue weighted by molar-refractivity contribution is 5.93. The number of para-hydroxylation sites is 1. The van der Waals surface area contributed by atoms with Gasteiger partial charge in [-0.05, 0) is 55.3 Å². The van der Waals surface area contributed by atoms with E-state index in [0.717, 1.165) is 45.9 Å². The molecule has 1 aliphatic heterocycles. The molecule has 1 fully saturated rings. The quantitative estimate of drug-likeness (QED) is 0.187. The molecule has 0 aliphatic carbocycles. The van der Waals surface area contributed by atoms with Crippen molar-refractivity contribution in [1.29, 1.82) is 0 Å². The molecule has 43 heavy (non-hydrogen) atoms. The Morgan fingerprint density at radius 2 is 1.98 bits per heavy atom. The second-order valence-electron chi connectivity index (χ2n) is 10.5. The van der Waals surface area contributed by atoms with Crippen molar-refractivity contribution >= 4 is 45.3 Å². The van der Waals surface area contributed by atoms with Gasteiger partial charge in [0.05, 0.1) is 23.8 Å². The number of anilines is 2. The van der Waals surface area contributed by atoms with Crippen molar-refractivity contribution in [2.75, 3.05) is 31.6 Å². The number of nitrogens with zero attached hydrogens (tertiary/aromatic N) is 4. The zero-order chi connectivity index (χ0) is 29.6. The number of nitrogens with one attached hydrogen (secondary N) is 3. The predicted molar refractivity (Wildman–Crippen MR) is 164 cm³/mol. The second-order valence-corrected chi connectivity index (χ2v) is 10.5. The molecule has 11 nitrogen and oxygen atoms in total. The lowest BCUT2D eigenvalue weighted by Gasteiger charge is -2.17. The lowest BCUT2D eigenvalue weighted by atomic mass is 10.1. The molecule has 1 saturated heterocycles. The maximum absolute atomic E-state index is 12.6. The number of fused-ring (bicyclic) bond motifs is 2. The van der Waals surface area contributed by atoms with Crippen molar-refractivity contribution < 1.29 is 19.1 Å². The van der Waals surface area contributed by atoms with Crippen LogP contribution in [0.1, 0.15) is 26.2 Å². The smallest absolute Gasteiger partial charge is 0.409 e. The number of aromatic nitrogens is 4. The van der Waals surface area contributed by atoms with Crippen LogP contribution < -0.4 is 15.4 Å². The van der Waals surface area contributed by atoms with Crippen LogP contribution in [0.4, 0.5) is 16.3 Å².